The Labute approximate surface area is 85.9 Å². The molecule has 1 unspecified atom stereocenters. The number of carbonyl (C=O) groups excluding carboxylic acids is 1. The number of carboxylic acids is 1. The zero-order valence-electron chi connectivity index (χ0n) is 8.34. The zero-order valence-corrected chi connectivity index (χ0v) is 8.34. The van der Waals surface area contributed by atoms with Gasteiger partial charge in [-0.1, -0.05) is 0 Å². The van der Waals surface area contributed by atoms with Crippen molar-refractivity contribution in [3.8, 4) is 0 Å². The van der Waals surface area contributed by atoms with Gasteiger partial charge in [0.2, 0.25) is 0 Å². The minimum atomic E-state index is -1.39. The molecule has 0 spiro atoms. The van der Waals surface area contributed by atoms with E-state index in [1.807, 2.05) is 0 Å². The monoisotopic (exact) mass is 220 g/mol. The highest BCUT2D eigenvalue weighted by Gasteiger charge is 2.46. The molecule has 15 heavy (non-hydrogen) atoms. The molecule has 1 aliphatic rings. The van der Waals surface area contributed by atoms with Gasteiger partial charge in [0, 0.05) is 6.61 Å². The van der Waals surface area contributed by atoms with Crippen LogP contribution in [0.4, 0.5) is 0 Å². The quantitative estimate of drug-likeness (QED) is 0.629. The average Bonchev–Trinajstić information content (AvgIpc) is 2.61. The summed E-state index contributed by atoms with van der Waals surface area (Å²) in [6.45, 7) is 0.832. The van der Waals surface area contributed by atoms with E-state index in [1.165, 1.54) is 0 Å². The van der Waals surface area contributed by atoms with Crippen LogP contribution >= 0.6 is 0 Å². The minimum Gasteiger partial charge on any atom is -0.479 e. The Morgan fingerprint density at radius 1 is 1.33 bits per heavy atom. The fourth-order valence-electron chi connectivity index (χ4n) is 1.11. The van der Waals surface area contributed by atoms with Crippen LogP contribution in [0.5, 0.6) is 0 Å². The molecule has 1 heterocycles. The van der Waals surface area contributed by atoms with Crippen molar-refractivity contribution in [3.05, 3.63) is 0 Å². The molecule has 0 radical (unpaired) electrons. The van der Waals surface area contributed by atoms with Crippen LogP contribution in [0.2, 0.25) is 0 Å². The zero-order chi connectivity index (χ0) is 11.4. The van der Waals surface area contributed by atoms with Gasteiger partial charge in [-0.05, 0) is 6.92 Å². The minimum absolute atomic E-state index is 0.283. The van der Waals surface area contributed by atoms with Crippen LogP contribution in [0.1, 0.15) is 6.92 Å². The third kappa shape index (κ3) is 2.65. The molecule has 0 aromatic rings. The van der Waals surface area contributed by atoms with E-state index >= 15 is 0 Å². The maximum atomic E-state index is 11.1. The molecule has 0 saturated carbocycles. The van der Waals surface area contributed by atoms with Crippen LogP contribution in [-0.4, -0.2) is 49.4 Å². The highest BCUT2D eigenvalue weighted by atomic mass is 16.9. The summed E-state index contributed by atoms with van der Waals surface area (Å²) < 4.78 is 19.1. The van der Waals surface area contributed by atoms with E-state index in [9.17, 15) is 9.59 Å². The number of methoxy groups -OCH3 is 1. The molecule has 1 saturated heterocycles. The van der Waals surface area contributed by atoms with Crippen molar-refractivity contribution < 1.29 is 33.6 Å². The first-order valence-corrected chi connectivity index (χ1v) is 4.33. The topological polar surface area (TPSA) is 91.3 Å². The van der Waals surface area contributed by atoms with Gasteiger partial charge in [-0.15, -0.1) is 0 Å². The smallest absolute Gasteiger partial charge is 0.338 e. The Morgan fingerprint density at radius 3 is 2.40 bits per heavy atom. The van der Waals surface area contributed by atoms with Crippen LogP contribution in [0.3, 0.4) is 0 Å². The van der Waals surface area contributed by atoms with Crippen molar-refractivity contribution in [2.75, 3.05) is 13.7 Å². The van der Waals surface area contributed by atoms with Crippen molar-refractivity contribution in [2.24, 2.45) is 0 Å². The lowest BCUT2D eigenvalue weighted by Gasteiger charge is -2.09. The van der Waals surface area contributed by atoms with Crippen LogP contribution in [0.25, 0.3) is 0 Å². The van der Waals surface area contributed by atoms with Gasteiger partial charge in [-0.2, -0.15) is 0 Å². The number of hydrogen-bond acceptors (Lipinski definition) is 6. The Kier molecular flexibility index (Phi) is 4.01. The fraction of sp³-hybridized carbons (Fsp3) is 0.750. The molecule has 1 N–H and O–H groups in total. The maximum absolute atomic E-state index is 11.1. The van der Waals surface area contributed by atoms with Crippen LogP contribution in [-0.2, 0) is 28.5 Å². The predicted octanol–water partition coefficient (Wildman–Crippen LogP) is -0.652. The maximum Gasteiger partial charge on any atom is 0.338 e. The molecule has 0 amide bonds. The van der Waals surface area contributed by atoms with Gasteiger partial charge in [-0.3, -0.25) is 0 Å². The van der Waals surface area contributed by atoms with Gasteiger partial charge in [0.05, 0.1) is 7.11 Å². The molecule has 7 nitrogen and oxygen atoms in total. The number of aliphatic carboxylic acids is 1. The van der Waals surface area contributed by atoms with Crippen LogP contribution in [0, 0.1) is 0 Å². The van der Waals surface area contributed by atoms with E-state index in [0.717, 1.165) is 7.11 Å². The molecule has 7 heteroatoms. The Balaban J connectivity index is 2.67. The van der Waals surface area contributed by atoms with E-state index < -0.39 is 30.6 Å². The molecule has 0 aromatic carbocycles. The first kappa shape index (κ1) is 11.9. The number of carbonyl (C=O) groups is 2. The highest BCUT2D eigenvalue weighted by Crippen LogP contribution is 2.21. The molecule has 0 aliphatic carbocycles. The second kappa shape index (κ2) is 5.06. The summed E-state index contributed by atoms with van der Waals surface area (Å²) in [5.74, 6) is -2.10. The van der Waals surface area contributed by atoms with Crippen molar-refractivity contribution in [3.63, 3.8) is 0 Å². The lowest BCUT2D eigenvalue weighted by Crippen LogP contribution is -2.37. The number of hydrogen-bond donors (Lipinski definition) is 1. The summed E-state index contributed by atoms with van der Waals surface area (Å²) >= 11 is 0. The second-order valence-electron chi connectivity index (χ2n) is 2.72. The van der Waals surface area contributed by atoms with Crippen molar-refractivity contribution >= 4 is 11.9 Å². The first-order valence-electron chi connectivity index (χ1n) is 4.33. The molecule has 1 rings (SSSR count). The van der Waals surface area contributed by atoms with E-state index in [1.54, 1.807) is 6.92 Å². The van der Waals surface area contributed by atoms with E-state index in [-0.39, 0.29) is 6.61 Å². The Hall–Kier alpha value is -1.18. The number of ether oxygens (including phenoxy) is 4. The van der Waals surface area contributed by atoms with Gasteiger partial charge in [0.15, 0.2) is 12.2 Å². The Morgan fingerprint density at radius 2 is 1.93 bits per heavy atom. The van der Waals surface area contributed by atoms with Crippen molar-refractivity contribution in [1.29, 1.82) is 0 Å². The molecule has 86 valence electrons. The Bertz CT molecular complexity index is 251. The summed E-state index contributed by atoms with van der Waals surface area (Å²) in [7, 11) is 1.14. The molecule has 0 aromatic heterocycles. The lowest BCUT2D eigenvalue weighted by molar-refractivity contribution is -0.241. The molecule has 0 bridgehead atoms. The standard InChI is InChI=1S/C8H12O7/c1-3-13-8-14-4(6(9)10)5(15-8)7(11)12-2/h4-5,8H,3H2,1-2H3,(H,9,10)/t4-,5-,8?/m0/s1. The summed E-state index contributed by atoms with van der Waals surface area (Å²) in [6.07, 6.45) is -2.68. The summed E-state index contributed by atoms with van der Waals surface area (Å²) in [5.41, 5.74) is 0. The van der Waals surface area contributed by atoms with Gasteiger partial charge < -0.3 is 24.1 Å². The second-order valence-corrected chi connectivity index (χ2v) is 2.72. The lowest BCUT2D eigenvalue weighted by atomic mass is 10.2. The molecule has 3 atom stereocenters. The SMILES string of the molecule is CCOC1O[C@H](C(=O)O)[C@@H](C(=O)OC)O1. The summed E-state index contributed by atoms with van der Waals surface area (Å²) in [5, 5.41) is 8.75. The first-order chi connectivity index (χ1) is 7.10. The summed E-state index contributed by atoms with van der Waals surface area (Å²) in [6, 6.07) is 0. The van der Waals surface area contributed by atoms with Crippen molar-refractivity contribution in [2.45, 2.75) is 25.6 Å². The molecular weight excluding hydrogens is 208 g/mol. The average molecular weight is 220 g/mol. The van der Waals surface area contributed by atoms with E-state index in [4.69, 9.17) is 19.3 Å². The van der Waals surface area contributed by atoms with Gasteiger partial charge in [0.1, 0.15) is 0 Å². The molecule has 1 fully saturated rings. The van der Waals surface area contributed by atoms with Crippen LogP contribution < -0.4 is 0 Å². The van der Waals surface area contributed by atoms with Gasteiger partial charge >= 0.3 is 11.9 Å². The molecular formula is C8H12O7. The van der Waals surface area contributed by atoms with Gasteiger partial charge in [0.25, 0.3) is 6.48 Å². The number of esters is 1. The van der Waals surface area contributed by atoms with Gasteiger partial charge in [-0.25, -0.2) is 9.59 Å². The third-order valence-corrected chi connectivity index (χ3v) is 1.77. The predicted molar refractivity (Wildman–Crippen MR) is 44.8 cm³/mol. The van der Waals surface area contributed by atoms with Crippen LogP contribution in [0.15, 0.2) is 0 Å². The highest BCUT2D eigenvalue weighted by molar-refractivity contribution is 5.85. The van der Waals surface area contributed by atoms with Crippen molar-refractivity contribution in [1.82, 2.24) is 0 Å². The van der Waals surface area contributed by atoms with E-state index in [2.05, 4.69) is 4.74 Å². The fourth-order valence-corrected chi connectivity index (χ4v) is 1.11. The van der Waals surface area contributed by atoms with E-state index in [0.29, 0.717) is 0 Å². The summed E-state index contributed by atoms with van der Waals surface area (Å²) in [4.78, 5) is 21.8. The largest absolute Gasteiger partial charge is 0.479 e. The normalized spacial score (nSPS) is 30.1. The third-order valence-electron chi connectivity index (χ3n) is 1.77. The number of carboxylic acid groups (broad SMARTS) is 1. The number of rotatable bonds is 4. The molecule has 1 aliphatic heterocycles.